The topological polar surface area (TPSA) is 108 Å². The molecule has 0 fully saturated rings. The summed E-state index contributed by atoms with van der Waals surface area (Å²) in [5.74, 6) is -1.31. The highest BCUT2D eigenvalue weighted by molar-refractivity contribution is 6.34. The molecule has 0 radical (unpaired) electrons. The first kappa shape index (κ1) is 27.5. The SMILES string of the molecule is C#CN(C(=O)C(C)NC(=O)OC(C)(C)C)C(C(=O)Nc1c(C)cccc1Cl)c1ccc(O)c(C)c1. The van der Waals surface area contributed by atoms with Gasteiger partial charge in [-0.2, -0.15) is 0 Å². The third-order valence-corrected chi connectivity index (χ3v) is 5.31. The zero-order valence-corrected chi connectivity index (χ0v) is 21.4. The molecule has 3 N–H and O–H groups in total. The van der Waals surface area contributed by atoms with Gasteiger partial charge in [-0.25, -0.2) is 4.79 Å². The van der Waals surface area contributed by atoms with Crippen LogP contribution in [0.4, 0.5) is 10.5 Å². The molecular formula is C26H30ClN3O5. The van der Waals surface area contributed by atoms with Crippen molar-refractivity contribution in [3.8, 4) is 18.2 Å². The second kappa shape index (κ2) is 11.2. The van der Waals surface area contributed by atoms with E-state index in [4.69, 9.17) is 22.8 Å². The molecule has 8 nitrogen and oxygen atoms in total. The van der Waals surface area contributed by atoms with Crippen molar-refractivity contribution >= 4 is 35.2 Å². The molecule has 0 aliphatic heterocycles. The van der Waals surface area contributed by atoms with Gasteiger partial charge in [-0.15, -0.1) is 0 Å². The van der Waals surface area contributed by atoms with Crippen molar-refractivity contribution in [3.63, 3.8) is 0 Å². The molecule has 2 aromatic rings. The van der Waals surface area contributed by atoms with Gasteiger partial charge in [-0.05, 0) is 76.4 Å². The highest BCUT2D eigenvalue weighted by Crippen LogP contribution is 2.30. The van der Waals surface area contributed by atoms with Crippen LogP contribution in [-0.2, 0) is 14.3 Å². The molecule has 0 saturated heterocycles. The third kappa shape index (κ3) is 7.14. The van der Waals surface area contributed by atoms with Crippen LogP contribution in [0.15, 0.2) is 36.4 Å². The van der Waals surface area contributed by atoms with Crippen LogP contribution < -0.4 is 10.6 Å². The first-order chi connectivity index (χ1) is 16.2. The monoisotopic (exact) mass is 499 g/mol. The number of aromatic hydroxyl groups is 1. The Morgan fingerprint density at radius 2 is 1.80 bits per heavy atom. The maximum absolute atomic E-state index is 13.5. The first-order valence-corrected chi connectivity index (χ1v) is 11.3. The average molecular weight is 500 g/mol. The molecule has 0 spiro atoms. The minimum atomic E-state index is -1.29. The fourth-order valence-electron chi connectivity index (χ4n) is 3.27. The molecule has 35 heavy (non-hydrogen) atoms. The summed E-state index contributed by atoms with van der Waals surface area (Å²) in [4.78, 5) is 39.9. The maximum atomic E-state index is 13.5. The van der Waals surface area contributed by atoms with Crippen LogP contribution >= 0.6 is 11.6 Å². The van der Waals surface area contributed by atoms with E-state index in [1.54, 1.807) is 58.9 Å². The Bertz CT molecular complexity index is 1150. The molecule has 0 aliphatic carbocycles. The number of halogens is 1. The van der Waals surface area contributed by atoms with E-state index in [-0.39, 0.29) is 5.75 Å². The molecule has 2 unspecified atom stereocenters. The van der Waals surface area contributed by atoms with E-state index in [9.17, 15) is 19.5 Å². The molecular weight excluding hydrogens is 470 g/mol. The summed E-state index contributed by atoms with van der Waals surface area (Å²) in [6.45, 7) is 9.94. The van der Waals surface area contributed by atoms with Crippen molar-refractivity contribution in [2.45, 2.75) is 59.2 Å². The quantitative estimate of drug-likeness (QED) is 0.395. The number of rotatable bonds is 6. The number of carbonyl (C=O) groups is 3. The standard InChI is InChI=1S/C26H30ClN3O5/c1-8-30(24(33)17(4)28-25(34)35-26(5,6)7)22(18-12-13-20(31)16(3)14-18)23(32)29-21-15(2)10-9-11-19(21)27/h1,9-14,17,22,31H,2-7H3,(H,28,34)(H,29,32). The molecule has 2 aromatic carbocycles. The molecule has 2 atom stereocenters. The van der Waals surface area contributed by atoms with Crippen molar-refractivity contribution in [3.05, 3.63) is 58.1 Å². The number of amides is 3. The molecule has 0 heterocycles. The molecule has 9 heteroatoms. The Morgan fingerprint density at radius 1 is 1.14 bits per heavy atom. The number of phenolic OH excluding ortho intramolecular Hbond substituents is 1. The van der Waals surface area contributed by atoms with Crippen molar-refractivity contribution in [1.82, 2.24) is 10.2 Å². The number of aryl methyl sites for hydroxylation is 2. The lowest BCUT2D eigenvalue weighted by atomic mass is 10.0. The van der Waals surface area contributed by atoms with Crippen LogP contribution in [0.2, 0.25) is 5.02 Å². The number of hydrogen-bond acceptors (Lipinski definition) is 5. The van der Waals surface area contributed by atoms with E-state index in [1.165, 1.54) is 19.1 Å². The van der Waals surface area contributed by atoms with Gasteiger partial charge >= 0.3 is 6.09 Å². The van der Waals surface area contributed by atoms with E-state index in [0.29, 0.717) is 27.4 Å². The predicted molar refractivity (Wildman–Crippen MR) is 135 cm³/mol. The lowest BCUT2D eigenvalue weighted by Gasteiger charge is -2.29. The molecule has 2 rings (SSSR count). The van der Waals surface area contributed by atoms with Crippen molar-refractivity contribution < 1.29 is 24.2 Å². The molecule has 3 amide bonds. The second-order valence-electron chi connectivity index (χ2n) is 9.07. The Morgan fingerprint density at radius 3 is 2.34 bits per heavy atom. The number of benzene rings is 2. The van der Waals surface area contributed by atoms with Crippen LogP contribution in [-0.4, -0.2) is 39.6 Å². The number of terminal acetylenes is 1. The van der Waals surface area contributed by atoms with Crippen molar-refractivity contribution in [2.75, 3.05) is 5.32 Å². The third-order valence-electron chi connectivity index (χ3n) is 4.99. The van der Waals surface area contributed by atoms with E-state index in [2.05, 4.69) is 16.7 Å². The number of nitrogens with zero attached hydrogens (tertiary/aromatic N) is 1. The number of ether oxygens (including phenoxy) is 1. The fourth-order valence-corrected chi connectivity index (χ4v) is 3.54. The maximum Gasteiger partial charge on any atom is 0.408 e. The molecule has 0 bridgehead atoms. The molecule has 0 aliphatic rings. The van der Waals surface area contributed by atoms with E-state index in [1.807, 2.05) is 0 Å². The normalized spacial score (nSPS) is 12.6. The fraction of sp³-hybridized carbons (Fsp3) is 0.346. The summed E-state index contributed by atoms with van der Waals surface area (Å²) in [6.07, 6.45) is 4.89. The Balaban J connectivity index is 2.44. The van der Waals surface area contributed by atoms with Gasteiger partial charge < -0.3 is 20.5 Å². The van der Waals surface area contributed by atoms with Crippen molar-refractivity contribution in [1.29, 1.82) is 0 Å². The average Bonchev–Trinajstić information content (AvgIpc) is 2.74. The Kier molecular flexibility index (Phi) is 8.77. The zero-order chi connectivity index (χ0) is 26.5. The largest absolute Gasteiger partial charge is 0.508 e. The smallest absolute Gasteiger partial charge is 0.408 e. The van der Waals surface area contributed by atoms with Gasteiger partial charge in [0.15, 0.2) is 0 Å². The summed E-state index contributed by atoms with van der Waals surface area (Å²) in [5, 5.41) is 15.5. The number of anilines is 1. The van der Waals surface area contributed by atoms with Crippen molar-refractivity contribution in [2.24, 2.45) is 0 Å². The number of hydrogen-bond donors (Lipinski definition) is 3. The number of nitrogens with one attached hydrogen (secondary N) is 2. The van der Waals surface area contributed by atoms with Crippen LogP contribution in [0.25, 0.3) is 0 Å². The Labute approximate surface area is 210 Å². The number of para-hydroxylation sites is 1. The van der Waals surface area contributed by atoms with Crippen LogP contribution in [0, 0.1) is 26.3 Å². The first-order valence-electron chi connectivity index (χ1n) is 10.9. The summed E-state index contributed by atoms with van der Waals surface area (Å²) in [6, 6.07) is 9.49. The van der Waals surface area contributed by atoms with E-state index >= 15 is 0 Å². The highest BCUT2D eigenvalue weighted by Gasteiger charge is 2.35. The van der Waals surface area contributed by atoms with Crippen LogP contribution in [0.5, 0.6) is 5.75 Å². The van der Waals surface area contributed by atoms with Crippen LogP contribution in [0.3, 0.4) is 0 Å². The lowest BCUT2D eigenvalue weighted by Crippen LogP contribution is -2.49. The van der Waals surface area contributed by atoms with Gasteiger partial charge in [0.05, 0.1) is 10.7 Å². The highest BCUT2D eigenvalue weighted by atomic mass is 35.5. The van der Waals surface area contributed by atoms with Crippen LogP contribution in [0.1, 0.15) is 50.4 Å². The molecule has 0 saturated carbocycles. The molecule has 0 aromatic heterocycles. The number of phenols is 1. The number of alkyl carbamates (subject to hydrolysis) is 1. The molecule has 186 valence electrons. The van der Waals surface area contributed by atoms with Gasteiger partial charge in [0, 0.05) is 6.04 Å². The minimum Gasteiger partial charge on any atom is -0.508 e. The van der Waals surface area contributed by atoms with Gasteiger partial charge in [0.1, 0.15) is 23.4 Å². The Hall–Kier alpha value is -3.70. The summed E-state index contributed by atoms with van der Waals surface area (Å²) in [5.41, 5.74) is 1.17. The van der Waals surface area contributed by atoms with Gasteiger partial charge in [0.2, 0.25) is 0 Å². The summed E-state index contributed by atoms with van der Waals surface area (Å²) in [7, 11) is 0. The van der Waals surface area contributed by atoms with E-state index < -0.39 is 35.6 Å². The van der Waals surface area contributed by atoms with Gasteiger partial charge in [-0.3, -0.25) is 14.5 Å². The van der Waals surface area contributed by atoms with E-state index in [0.717, 1.165) is 4.90 Å². The zero-order valence-electron chi connectivity index (χ0n) is 20.6. The second-order valence-corrected chi connectivity index (χ2v) is 9.48. The van der Waals surface area contributed by atoms with Gasteiger partial charge in [-0.1, -0.05) is 36.2 Å². The number of carbonyl (C=O) groups excluding carboxylic acids is 3. The predicted octanol–water partition coefficient (Wildman–Crippen LogP) is 4.67. The lowest BCUT2D eigenvalue weighted by molar-refractivity contribution is -0.136. The summed E-state index contributed by atoms with van der Waals surface area (Å²) >= 11 is 6.28. The minimum absolute atomic E-state index is 0.0217. The van der Waals surface area contributed by atoms with Gasteiger partial charge in [0.25, 0.3) is 11.8 Å². The summed E-state index contributed by atoms with van der Waals surface area (Å²) < 4.78 is 5.20.